The zero-order valence-corrected chi connectivity index (χ0v) is 5.39. The van der Waals surface area contributed by atoms with Gasteiger partial charge < -0.3 is 4.85 Å². The lowest BCUT2D eigenvalue weighted by Gasteiger charge is -1.93. The van der Waals surface area contributed by atoms with E-state index in [-0.39, 0.29) is 0 Å². The van der Waals surface area contributed by atoms with Gasteiger partial charge in [-0.15, -0.1) is 0 Å². The molecule has 0 heterocycles. The van der Waals surface area contributed by atoms with E-state index >= 15 is 0 Å². The van der Waals surface area contributed by atoms with Crippen molar-refractivity contribution in [2.45, 2.75) is 26.3 Å². The molecule has 0 aromatic heterocycles. The molecular weight excluding hydrogens is 98.1 g/mol. The van der Waals surface area contributed by atoms with Crippen molar-refractivity contribution in [3.63, 3.8) is 0 Å². The van der Waals surface area contributed by atoms with Crippen LogP contribution in [0.3, 0.4) is 0 Å². The maximum atomic E-state index is 6.67. The molecule has 1 heteroatoms. The van der Waals surface area contributed by atoms with Gasteiger partial charge in [-0.05, 0) is 5.92 Å². The van der Waals surface area contributed by atoms with Gasteiger partial charge in [-0.1, -0.05) is 13.8 Å². The molecule has 0 radical (unpaired) electrons. The molecule has 44 valence electrons. The third-order valence-electron chi connectivity index (χ3n) is 1.83. The van der Waals surface area contributed by atoms with Crippen LogP contribution in [0, 0.1) is 18.4 Å². The predicted octanol–water partition coefficient (Wildman–Crippen LogP) is 1.95. The van der Waals surface area contributed by atoms with Gasteiger partial charge in [0.2, 0.25) is 6.04 Å². The molecule has 0 aromatic rings. The van der Waals surface area contributed by atoms with Crippen molar-refractivity contribution in [2.24, 2.45) is 11.8 Å². The molecule has 0 unspecified atom stereocenters. The summed E-state index contributed by atoms with van der Waals surface area (Å²) in [4.78, 5) is 3.45. The molecule has 1 nitrogen and oxygen atoms in total. The maximum Gasteiger partial charge on any atom is 0.227 e. The molecule has 1 aliphatic rings. The smallest absolute Gasteiger partial charge is 0.227 e. The lowest BCUT2D eigenvalue weighted by Crippen LogP contribution is -1.91. The number of hydrogen-bond acceptors (Lipinski definition) is 0. The fourth-order valence-corrected chi connectivity index (χ4v) is 1.07. The van der Waals surface area contributed by atoms with Crippen molar-refractivity contribution in [3.05, 3.63) is 11.4 Å². The van der Waals surface area contributed by atoms with E-state index in [4.69, 9.17) is 6.57 Å². The van der Waals surface area contributed by atoms with E-state index in [1.165, 1.54) is 0 Å². The Hall–Kier alpha value is -0.510. The first-order chi connectivity index (χ1) is 3.75. The lowest BCUT2D eigenvalue weighted by atomic mass is 10.1. The molecule has 0 amide bonds. The van der Waals surface area contributed by atoms with Crippen LogP contribution in [0.2, 0.25) is 0 Å². The van der Waals surface area contributed by atoms with Crippen molar-refractivity contribution in [2.75, 3.05) is 0 Å². The predicted molar refractivity (Wildman–Crippen MR) is 33.3 cm³/mol. The summed E-state index contributed by atoms with van der Waals surface area (Å²) >= 11 is 0. The second-order valence-electron chi connectivity index (χ2n) is 2.84. The Labute approximate surface area is 50.5 Å². The van der Waals surface area contributed by atoms with Crippen LogP contribution < -0.4 is 0 Å². The minimum absolute atomic E-state index is 0.384. The highest BCUT2D eigenvalue weighted by atomic mass is 14.8. The van der Waals surface area contributed by atoms with E-state index in [0.717, 1.165) is 18.3 Å². The van der Waals surface area contributed by atoms with Crippen LogP contribution in [0.1, 0.15) is 20.3 Å². The highest BCUT2D eigenvalue weighted by molar-refractivity contribution is 5.02. The van der Waals surface area contributed by atoms with Gasteiger partial charge in [-0.2, -0.15) is 0 Å². The SMILES string of the molecule is [C-]#[N+][C@H]1C[C@@H]1C(C)C. The standard InChI is InChI=1S/C7H11N/c1-5(2)6-4-7(6)8-3/h5-7H,4H2,1-2H3/t6-,7+/m1/s1. The largest absolute Gasteiger partial charge is 0.313 e. The minimum atomic E-state index is 0.384. The maximum absolute atomic E-state index is 6.67. The zero-order chi connectivity index (χ0) is 6.15. The lowest BCUT2D eigenvalue weighted by molar-refractivity contribution is 0.558. The second kappa shape index (κ2) is 1.78. The fraction of sp³-hybridized carbons (Fsp3) is 0.857. The second-order valence-corrected chi connectivity index (χ2v) is 2.84. The van der Waals surface area contributed by atoms with E-state index < -0.39 is 0 Å². The van der Waals surface area contributed by atoms with Crippen LogP contribution in [0.15, 0.2) is 0 Å². The molecule has 0 spiro atoms. The van der Waals surface area contributed by atoms with Crippen LogP contribution in [0.25, 0.3) is 4.85 Å². The van der Waals surface area contributed by atoms with Gasteiger partial charge in [0, 0.05) is 12.3 Å². The normalized spacial score (nSPS) is 34.8. The monoisotopic (exact) mass is 109 g/mol. The van der Waals surface area contributed by atoms with Crippen molar-refractivity contribution in [3.8, 4) is 0 Å². The number of rotatable bonds is 1. The molecule has 0 aliphatic heterocycles. The van der Waals surface area contributed by atoms with E-state index in [1.54, 1.807) is 0 Å². The molecular formula is C7H11N. The Kier molecular flexibility index (Phi) is 1.25. The molecule has 1 rings (SSSR count). The van der Waals surface area contributed by atoms with E-state index in [1.807, 2.05) is 0 Å². The fourth-order valence-electron chi connectivity index (χ4n) is 1.07. The highest BCUT2D eigenvalue weighted by Gasteiger charge is 2.45. The molecule has 0 saturated heterocycles. The summed E-state index contributed by atoms with van der Waals surface area (Å²) in [6.45, 7) is 11.0. The van der Waals surface area contributed by atoms with Crippen molar-refractivity contribution in [1.82, 2.24) is 0 Å². The number of hydrogen-bond donors (Lipinski definition) is 0. The summed E-state index contributed by atoms with van der Waals surface area (Å²) in [5.41, 5.74) is 0. The quantitative estimate of drug-likeness (QED) is 0.453. The summed E-state index contributed by atoms with van der Waals surface area (Å²) in [7, 11) is 0. The van der Waals surface area contributed by atoms with Crippen LogP contribution in [0.4, 0.5) is 0 Å². The Balaban J connectivity index is 2.29. The molecule has 2 atom stereocenters. The van der Waals surface area contributed by atoms with Crippen LogP contribution >= 0.6 is 0 Å². The number of nitrogens with zero attached hydrogens (tertiary/aromatic N) is 1. The molecule has 0 N–H and O–H groups in total. The molecule has 0 aromatic carbocycles. The third kappa shape index (κ3) is 0.838. The van der Waals surface area contributed by atoms with E-state index in [0.29, 0.717) is 6.04 Å². The Morgan fingerprint density at radius 3 is 2.38 bits per heavy atom. The summed E-state index contributed by atoms with van der Waals surface area (Å²) in [5, 5.41) is 0. The van der Waals surface area contributed by atoms with Gasteiger partial charge in [-0.25, -0.2) is 6.57 Å². The van der Waals surface area contributed by atoms with Gasteiger partial charge in [0.25, 0.3) is 0 Å². The average Bonchev–Trinajstić information content (AvgIpc) is 2.42. The molecule has 1 fully saturated rings. The van der Waals surface area contributed by atoms with E-state index in [2.05, 4.69) is 18.7 Å². The Morgan fingerprint density at radius 1 is 1.62 bits per heavy atom. The topological polar surface area (TPSA) is 4.36 Å². The van der Waals surface area contributed by atoms with Gasteiger partial charge in [0.15, 0.2) is 0 Å². The van der Waals surface area contributed by atoms with Crippen molar-refractivity contribution >= 4 is 0 Å². The minimum Gasteiger partial charge on any atom is -0.313 e. The van der Waals surface area contributed by atoms with Crippen molar-refractivity contribution in [1.29, 1.82) is 0 Å². The molecule has 1 aliphatic carbocycles. The highest BCUT2D eigenvalue weighted by Crippen LogP contribution is 2.39. The molecule has 1 saturated carbocycles. The summed E-state index contributed by atoms with van der Waals surface area (Å²) < 4.78 is 0. The van der Waals surface area contributed by atoms with Gasteiger partial charge in [-0.3, -0.25) is 0 Å². The van der Waals surface area contributed by atoms with Gasteiger partial charge in [0.1, 0.15) is 0 Å². The molecule has 8 heavy (non-hydrogen) atoms. The van der Waals surface area contributed by atoms with Gasteiger partial charge in [0.05, 0.1) is 0 Å². The summed E-state index contributed by atoms with van der Waals surface area (Å²) in [5.74, 6) is 1.46. The average molecular weight is 109 g/mol. The van der Waals surface area contributed by atoms with Gasteiger partial charge >= 0.3 is 0 Å². The first kappa shape index (κ1) is 5.62. The van der Waals surface area contributed by atoms with Crippen molar-refractivity contribution < 1.29 is 0 Å². The Bertz CT molecular complexity index is 121. The first-order valence-electron chi connectivity index (χ1n) is 3.12. The molecule has 0 bridgehead atoms. The van der Waals surface area contributed by atoms with E-state index in [9.17, 15) is 0 Å². The van der Waals surface area contributed by atoms with Crippen LogP contribution in [-0.2, 0) is 0 Å². The van der Waals surface area contributed by atoms with Crippen LogP contribution in [-0.4, -0.2) is 6.04 Å². The van der Waals surface area contributed by atoms with Crippen LogP contribution in [0.5, 0.6) is 0 Å². The third-order valence-corrected chi connectivity index (χ3v) is 1.83. The zero-order valence-electron chi connectivity index (χ0n) is 5.39. The Morgan fingerprint density at radius 2 is 2.25 bits per heavy atom. The summed E-state index contributed by atoms with van der Waals surface area (Å²) in [6, 6.07) is 0.384. The first-order valence-corrected chi connectivity index (χ1v) is 3.12. The summed E-state index contributed by atoms with van der Waals surface area (Å²) in [6.07, 6.45) is 1.15.